The van der Waals surface area contributed by atoms with Crippen molar-refractivity contribution in [3.8, 4) is 0 Å². The maximum atomic E-state index is 11.0. The first kappa shape index (κ1) is 12.0. The van der Waals surface area contributed by atoms with Gasteiger partial charge in [-0.05, 0) is 26.8 Å². The molecule has 0 amide bonds. The zero-order chi connectivity index (χ0) is 12.5. The predicted molar refractivity (Wildman–Crippen MR) is 61.3 cm³/mol. The Kier molecular flexibility index (Phi) is 3.15. The Morgan fingerprint density at radius 3 is 3.00 bits per heavy atom. The van der Waals surface area contributed by atoms with Gasteiger partial charge in [0.2, 0.25) is 0 Å². The van der Waals surface area contributed by atoms with Crippen molar-refractivity contribution in [3.63, 3.8) is 0 Å². The van der Waals surface area contributed by atoms with Crippen molar-refractivity contribution in [2.75, 3.05) is 13.1 Å². The van der Waals surface area contributed by atoms with Crippen LogP contribution in [-0.2, 0) is 17.9 Å². The van der Waals surface area contributed by atoms with Gasteiger partial charge >= 0.3 is 5.97 Å². The van der Waals surface area contributed by atoms with E-state index in [9.17, 15) is 4.79 Å². The van der Waals surface area contributed by atoms with E-state index in [1.165, 1.54) is 0 Å². The minimum atomic E-state index is -0.738. The molecule has 2 heterocycles. The van der Waals surface area contributed by atoms with Crippen molar-refractivity contribution in [2.24, 2.45) is 5.41 Å². The van der Waals surface area contributed by atoms with Crippen LogP contribution in [0.3, 0.4) is 0 Å². The van der Waals surface area contributed by atoms with Crippen molar-refractivity contribution in [3.05, 3.63) is 12.2 Å². The fraction of sp³-hybridized carbons (Fsp3) is 0.727. The number of hydrogen-bond acceptors (Lipinski definition) is 4. The largest absolute Gasteiger partial charge is 0.481 e. The second-order valence-corrected chi connectivity index (χ2v) is 5.16. The molecule has 0 fully saturated rings. The number of hydrogen-bond donors (Lipinski definition) is 1. The number of carboxylic acid groups (broad SMARTS) is 1. The summed E-state index contributed by atoms with van der Waals surface area (Å²) in [7, 11) is 0. The Morgan fingerprint density at radius 1 is 1.53 bits per heavy atom. The van der Waals surface area contributed by atoms with Gasteiger partial charge in [-0.15, -0.1) is 10.2 Å². The molecular weight excluding hydrogens is 220 g/mol. The third kappa shape index (κ3) is 2.63. The molecule has 1 aliphatic heterocycles. The number of carbonyl (C=O) groups is 1. The van der Waals surface area contributed by atoms with Crippen LogP contribution in [0.25, 0.3) is 0 Å². The Bertz CT molecular complexity index is 413. The lowest BCUT2D eigenvalue weighted by Gasteiger charge is -2.29. The average Bonchev–Trinajstić information content (AvgIpc) is 2.73. The van der Waals surface area contributed by atoms with Gasteiger partial charge in [0.15, 0.2) is 0 Å². The number of aliphatic carboxylic acids is 1. The maximum absolute atomic E-state index is 11.0. The normalized spacial score (nSPS) is 16.8. The van der Waals surface area contributed by atoms with Gasteiger partial charge in [-0.25, -0.2) is 0 Å². The molecule has 1 aromatic heterocycles. The van der Waals surface area contributed by atoms with E-state index in [0.29, 0.717) is 6.42 Å². The molecule has 2 rings (SSSR count). The molecule has 1 aliphatic rings. The van der Waals surface area contributed by atoms with Crippen LogP contribution in [0.4, 0.5) is 0 Å². The Morgan fingerprint density at radius 2 is 2.29 bits per heavy atom. The first-order chi connectivity index (χ1) is 7.99. The first-order valence-electron chi connectivity index (χ1n) is 5.81. The van der Waals surface area contributed by atoms with Gasteiger partial charge in [0.25, 0.3) is 0 Å². The van der Waals surface area contributed by atoms with Crippen LogP contribution in [0, 0.1) is 5.41 Å². The van der Waals surface area contributed by atoms with Crippen LogP contribution >= 0.6 is 0 Å². The second-order valence-electron chi connectivity index (χ2n) is 5.16. The Balaban J connectivity index is 1.88. The van der Waals surface area contributed by atoms with Crippen LogP contribution in [-0.4, -0.2) is 43.8 Å². The highest BCUT2D eigenvalue weighted by atomic mass is 16.4. The molecule has 1 N–H and O–H groups in total. The molecular formula is C11H18N4O2. The smallest absolute Gasteiger partial charge is 0.309 e. The zero-order valence-electron chi connectivity index (χ0n) is 10.3. The van der Waals surface area contributed by atoms with Gasteiger partial charge in [-0.3, -0.25) is 9.69 Å². The molecule has 0 spiro atoms. The van der Waals surface area contributed by atoms with E-state index in [-0.39, 0.29) is 0 Å². The van der Waals surface area contributed by atoms with E-state index in [1.54, 1.807) is 20.2 Å². The van der Waals surface area contributed by atoms with Crippen molar-refractivity contribution in [1.82, 2.24) is 19.7 Å². The van der Waals surface area contributed by atoms with Gasteiger partial charge in [0, 0.05) is 13.1 Å². The molecule has 0 aliphatic carbocycles. The van der Waals surface area contributed by atoms with Crippen LogP contribution in [0.2, 0.25) is 0 Å². The summed E-state index contributed by atoms with van der Waals surface area (Å²) in [4.78, 5) is 13.2. The molecule has 0 saturated heterocycles. The van der Waals surface area contributed by atoms with Crippen LogP contribution in [0.15, 0.2) is 6.33 Å². The average molecular weight is 238 g/mol. The number of rotatable bonds is 4. The number of nitrogens with zero attached hydrogens (tertiary/aromatic N) is 4. The van der Waals surface area contributed by atoms with Gasteiger partial charge in [-0.1, -0.05) is 0 Å². The zero-order valence-corrected chi connectivity index (χ0v) is 10.3. The SMILES string of the molecule is CC(C)(CCN1CCn2cnnc2C1)C(=O)O. The topological polar surface area (TPSA) is 71.2 Å². The number of carboxylic acids is 1. The highest BCUT2D eigenvalue weighted by Gasteiger charge is 2.28. The molecule has 17 heavy (non-hydrogen) atoms. The highest BCUT2D eigenvalue weighted by Crippen LogP contribution is 2.22. The summed E-state index contributed by atoms with van der Waals surface area (Å²) in [6.45, 7) is 6.89. The van der Waals surface area contributed by atoms with Crippen molar-refractivity contribution >= 4 is 5.97 Å². The summed E-state index contributed by atoms with van der Waals surface area (Å²) in [6, 6.07) is 0. The van der Waals surface area contributed by atoms with Crippen LogP contribution in [0.1, 0.15) is 26.1 Å². The fourth-order valence-corrected chi connectivity index (χ4v) is 1.85. The molecule has 94 valence electrons. The quantitative estimate of drug-likeness (QED) is 0.831. The minimum absolute atomic E-state index is 0.649. The van der Waals surface area contributed by atoms with E-state index in [1.807, 2.05) is 4.57 Å². The van der Waals surface area contributed by atoms with Crippen molar-refractivity contribution < 1.29 is 9.90 Å². The molecule has 0 unspecified atom stereocenters. The lowest BCUT2D eigenvalue weighted by Crippen LogP contribution is -2.37. The minimum Gasteiger partial charge on any atom is -0.481 e. The number of fused-ring (bicyclic) bond motifs is 1. The second kappa shape index (κ2) is 4.44. The number of aromatic nitrogens is 3. The van der Waals surface area contributed by atoms with Crippen molar-refractivity contribution in [2.45, 2.75) is 33.4 Å². The van der Waals surface area contributed by atoms with Gasteiger partial charge in [-0.2, -0.15) is 0 Å². The lowest BCUT2D eigenvalue weighted by atomic mass is 9.89. The predicted octanol–water partition coefficient (Wildman–Crippen LogP) is 0.595. The standard InChI is InChI=1S/C11H18N4O2/c1-11(2,10(16)17)3-4-14-5-6-15-8-12-13-9(15)7-14/h8H,3-7H2,1-2H3,(H,16,17). The van der Waals surface area contributed by atoms with Gasteiger partial charge < -0.3 is 9.67 Å². The summed E-state index contributed by atoms with van der Waals surface area (Å²) >= 11 is 0. The molecule has 6 heteroatoms. The summed E-state index contributed by atoms with van der Waals surface area (Å²) in [6.07, 6.45) is 2.39. The molecule has 1 aromatic rings. The Labute approximate surface area is 100 Å². The van der Waals surface area contributed by atoms with E-state index < -0.39 is 11.4 Å². The Hall–Kier alpha value is -1.43. The first-order valence-corrected chi connectivity index (χ1v) is 5.81. The molecule has 0 radical (unpaired) electrons. The van der Waals surface area contributed by atoms with E-state index in [0.717, 1.165) is 32.0 Å². The molecule has 6 nitrogen and oxygen atoms in total. The third-order valence-electron chi connectivity index (χ3n) is 3.35. The molecule has 0 atom stereocenters. The van der Waals surface area contributed by atoms with Gasteiger partial charge in [0.1, 0.15) is 12.2 Å². The van der Waals surface area contributed by atoms with Gasteiger partial charge in [0.05, 0.1) is 12.0 Å². The third-order valence-corrected chi connectivity index (χ3v) is 3.35. The maximum Gasteiger partial charge on any atom is 0.309 e. The van der Waals surface area contributed by atoms with Crippen LogP contribution in [0.5, 0.6) is 0 Å². The van der Waals surface area contributed by atoms with E-state index in [2.05, 4.69) is 15.1 Å². The monoisotopic (exact) mass is 238 g/mol. The van der Waals surface area contributed by atoms with E-state index in [4.69, 9.17) is 5.11 Å². The summed E-state index contributed by atoms with van der Waals surface area (Å²) in [5, 5.41) is 17.0. The van der Waals surface area contributed by atoms with Crippen LogP contribution < -0.4 is 0 Å². The molecule has 0 aromatic carbocycles. The molecule has 0 saturated carbocycles. The molecule has 0 bridgehead atoms. The van der Waals surface area contributed by atoms with Crippen molar-refractivity contribution in [1.29, 1.82) is 0 Å². The fourth-order valence-electron chi connectivity index (χ4n) is 1.85. The summed E-state index contributed by atoms with van der Waals surface area (Å²) < 4.78 is 2.04. The summed E-state index contributed by atoms with van der Waals surface area (Å²) in [5.74, 6) is 0.224. The lowest BCUT2D eigenvalue weighted by molar-refractivity contribution is -0.147. The highest BCUT2D eigenvalue weighted by molar-refractivity contribution is 5.73. The van der Waals surface area contributed by atoms with E-state index >= 15 is 0 Å². The summed E-state index contributed by atoms with van der Waals surface area (Å²) in [5.41, 5.74) is -0.662.